The summed E-state index contributed by atoms with van der Waals surface area (Å²) in [6.45, 7) is 2.48. The molecule has 8 atom stereocenters. The van der Waals surface area contributed by atoms with Crippen molar-refractivity contribution >= 4 is 23.6 Å². The van der Waals surface area contributed by atoms with Gasteiger partial charge in [0.05, 0.1) is 18.2 Å². The fourth-order valence-corrected chi connectivity index (χ4v) is 5.42. The van der Waals surface area contributed by atoms with Gasteiger partial charge in [-0.3, -0.25) is 9.69 Å². The van der Waals surface area contributed by atoms with E-state index in [2.05, 4.69) is 5.32 Å². The van der Waals surface area contributed by atoms with Crippen molar-refractivity contribution in [3.05, 3.63) is 29.8 Å². The Morgan fingerprint density at radius 3 is 2.58 bits per heavy atom. The number of amides is 1. The Morgan fingerprint density at radius 1 is 1.22 bits per heavy atom. The van der Waals surface area contributed by atoms with Crippen molar-refractivity contribution in [2.45, 2.75) is 67.8 Å². The Morgan fingerprint density at radius 2 is 1.94 bits per heavy atom. The number of carbonyl (C=O) groups is 2. The summed E-state index contributed by atoms with van der Waals surface area (Å²) in [5.74, 6) is -0.896. The van der Waals surface area contributed by atoms with Gasteiger partial charge in [-0.15, -0.1) is 11.8 Å². The second-order valence-electron chi connectivity index (χ2n) is 9.08. The highest BCUT2D eigenvalue weighted by Crippen LogP contribution is 2.31. The second kappa shape index (κ2) is 13.0. The van der Waals surface area contributed by atoms with E-state index in [1.165, 1.54) is 19.2 Å². The van der Waals surface area contributed by atoms with E-state index in [4.69, 9.17) is 14.2 Å². The Balaban J connectivity index is 1.62. The number of likely N-dealkylation sites (N-methyl/N-ethyl adjacent to an activating group) is 1. The van der Waals surface area contributed by atoms with Gasteiger partial charge in [0.2, 0.25) is 5.91 Å². The smallest absolute Gasteiger partial charge is 0.341 e. The van der Waals surface area contributed by atoms with Gasteiger partial charge >= 0.3 is 5.97 Å². The molecule has 0 unspecified atom stereocenters. The number of aliphatic hydroxyl groups is 3. The SMILES string of the molecule is CO[C@H](C)[C@H](NC(=O)[C@@H]1CCCN1C)[C@H]1O[C@H](SCCOC(=O)c2ccccc2O)[C@H](O)[C@@H](O)[C@H]1O. The minimum absolute atomic E-state index is 0.0371. The van der Waals surface area contributed by atoms with Gasteiger partial charge in [0.25, 0.3) is 0 Å². The summed E-state index contributed by atoms with van der Waals surface area (Å²) < 4.78 is 16.6. The lowest BCUT2D eigenvalue weighted by molar-refractivity contribution is -0.212. The van der Waals surface area contributed by atoms with Gasteiger partial charge in [0.15, 0.2) is 0 Å². The van der Waals surface area contributed by atoms with Crippen molar-refractivity contribution in [1.82, 2.24) is 10.2 Å². The van der Waals surface area contributed by atoms with Crippen molar-refractivity contribution in [2.24, 2.45) is 0 Å². The van der Waals surface area contributed by atoms with Crippen LogP contribution in [0.1, 0.15) is 30.1 Å². The number of phenolic OH excluding ortho intramolecular Hbond substituents is 1. The Kier molecular flexibility index (Phi) is 10.4. The summed E-state index contributed by atoms with van der Waals surface area (Å²) >= 11 is 1.09. The predicted octanol–water partition coefficient (Wildman–Crippen LogP) is -0.296. The second-order valence-corrected chi connectivity index (χ2v) is 10.3. The Labute approximate surface area is 214 Å². The van der Waals surface area contributed by atoms with Crippen LogP contribution in [-0.2, 0) is 19.0 Å². The predicted molar refractivity (Wildman–Crippen MR) is 132 cm³/mol. The van der Waals surface area contributed by atoms with Crippen LogP contribution in [-0.4, -0.2) is 118 Å². The molecule has 1 aromatic carbocycles. The average molecular weight is 529 g/mol. The van der Waals surface area contributed by atoms with Gasteiger partial charge in [0, 0.05) is 12.9 Å². The topological polar surface area (TPSA) is 158 Å². The van der Waals surface area contributed by atoms with Crippen LogP contribution < -0.4 is 5.32 Å². The van der Waals surface area contributed by atoms with Gasteiger partial charge < -0.3 is 40.0 Å². The molecule has 1 aromatic rings. The van der Waals surface area contributed by atoms with Gasteiger partial charge in [-0.25, -0.2) is 4.79 Å². The summed E-state index contributed by atoms with van der Waals surface area (Å²) in [5.41, 5.74) is -0.926. The number of thioether (sulfide) groups is 1. The van der Waals surface area contributed by atoms with Crippen molar-refractivity contribution in [2.75, 3.05) is 33.1 Å². The number of benzene rings is 1. The first-order valence-corrected chi connectivity index (χ1v) is 13.0. The zero-order valence-electron chi connectivity index (χ0n) is 20.6. The molecule has 5 N–H and O–H groups in total. The highest BCUT2D eigenvalue weighted by Gasteiger charge is 2.49. The van der Waals surface area contributed by atoms with Crippen LogP contribution in [0, 0.1) is 0 Å². The van der Waals surface area contributed by atoms with Crippen LogP contribution in [0.2, 0.25) is 0 Å². The number of nitrogens with zero attached hydrogens (tertiary/aromatic N) is 1. The first kappa shape index (κ1) is 28.6. The zero-order valence-corrected chi connectivity index (χ0v) is 21.5. The van der Waals surface area contributed by atoms with E-state index in [0.717, 1.165) is 24.7 Å². The van der Waals surface area contributed by atoms with Gasteiger partial charge in [0.1, 0.15) is 47.8 Å². The number of nitrogens with one attached hydrogen (secondary N) is 1. The number of ether oxygens (including phenoxy) is 3. The van der Waals surface area contributed by atoms with Crippen LogP contribution in [0.3, 0.4) is 0 Å². The summed E-state index contributed by atoms with van der Waals surface area (Å²) in [6, 6.07) is 4.91. The fraction of sp³-hybridized carbons (Fsp3) is 0.667. The summed E-state index contributed by atoms with van der Waals surface area (Å²) in [6.07, 6.45) is -4.42. The minimum atomic E-state index is -1.53. The number of carbonyl (C=O) groups excluding carboxylic acids is 2. The van der Waals surface area contributed by atoms with E-state index < -0.39 is 48.0 Å². The molecule has 11 nitrogen and oxygen atoms in total. The largest absolute Gasteiger partial charge is 0.507 e. The highest BCUT2D eigenvalue weighted by atomic mass is 32.2. The molecule has 2 fully saturated rings. The number of methoxy groups -OCH3 is 1. The lowest BCUT2D eigenvalue weighted by atomic mass is 9.92. The van der Waals surface area contributed by atoms with Crippen molar-refractivity contribution in [3.63, 3.8) is 0 Å². The third kappa shape index (κ3) is 6.68. The van der Waals surface area contributed by atoms with Crippen molar-refractivity contribution in [3.8, 4) is 5.75 Å². The molecule has 2 saturated heterocycles. The van der Waals surface area contributed by atoms with Crippen LogP contribution >= 0.6 is 11.8 Å². The number of rotatable bonds is 10. The monoisotopic (exact) mass is 528 g/mol. The van der Waals surface area contributed by atoms with E-state index >= 15 is 0 Å². The van der Waals surface area contributed by atoms with Crippen LogP contribution in [0.5, 0.6) is 5.75 Å². The molecule has 2 aliphatic heterocycles. The number of para-hydroxylation sites is 1. The first-order chi connectivity index (χ1) is 17.1. The van der Waals surface area contributed by atoms with Crippen LogP contribution in [0.15, 0.2) is 24.3 Å². The minimum Gasteiger partial charge on any atom is -0.507 e. The molecule has 0 bridgehead atoms. The van der Waals surface area contributed by atoms with Gasteiger partial charge in [-0.1, -0.05) is 12.1 Å². The molecule has 36 heavy (non-hydrogen) atoms. The maximum Gasteiger partial charge on any atom is 0.341 e. The number of phenols is 1. The molecule has 2 aliphatic rings. The lowest BCUT2D eigenvalue weighted by Crippen LogP contribution is -2.66. The number of aliphatic hydroxyl groups excluding tert-OH is 3. The van der Waals surface area contributed by atoms with E-state index in [1.54, 1.807) is 19.1 Å². The maximum absolute atomic E-state index is 13.0. The van der Waals surface area contributed by atoms with Crippen molar-refractivity contribution in [1.29, 1.82) is 0 Å². The molecule has 0 aromatic heterocycles. The first-order valence-electron chi connectivity index (χ1n) is 12.0. The van der Waals surface area contributed by atoms with E-state index in [0.29, 0.717) is 6.42 Å². The fourth-order valence-electron chi connectivity index (χ4n) is 4.45. The molecular weight excluding hydrogens is 492 g/mol. The van der Waals surface area contributed by atoms with Crippen LogP contribution in [0.4, 0.5) is 0 Å². The molecule has 2 heterocycles. The average Bonchev–Trinajstić information content (AvgIpc) is 3.30. The quantitative estimate of drug-likeness (QED) is 0.201. The maximum atomic E-state index is 13.0. The van der Waals surface area contributed by atoms with E-state index in [1.807, 2.05) is 11.9 Å². The van der Waals surface area contributed by atoms with Gasteiger partial charge in [-0.2, -0.15) is 0 Å². The number of esters is 1. The third-order valence-corrected chi connectivity index (χ3v) is 7.81. The normalized spacial score (nSPS) is 30.5. The lowest BCUT2D eigenvalue weighted by Gasteiger charge is -2.44. The van der Waals surface area contributed by atoms with E-state index in [-0.39, 0.29) is 35.6 Å². The molecule has 3 rings (SSSR count). The molecule has 0 spiro atoms. The Hall–Kier alpha value is -1.93. The summed E-state index contributed by atoms with van der Waals surface area (Å²) in [7, 11) is 3.34. The molecular formula is C24H36N2O9S. The molecule has 0 radical (unpaired) electrons. The van der Waals surface area contributed by atoms with Gasteiger partial charge in [-0.05, 0) is 45.5 Å². The number of aromatic hydroxyl groups is 1. The molecule has 12 heteroatoms. The standard InChI is InChI=1S/C24H36N2O9S/c1-13(33-3)17(25-22(31)15-8-6-10-26(15)2)21-19(29)18(28)20(30)24(35-21)36-12-11-34-23(32)14-7-4-5-9-16(14)27/h4-5,7,9,13,15,17-21,24,27-30H,6,8,10-12H2,1-3H3,(H,25,31)/t13-,15+,17+,18+,19-,20-,21-,24-/m1/s1. The zero-order chi connectivity index (χ0) is 26.4. The highest BCUT2D eigenvalue weighted by molar-refractivity contribution is 7.99. The number of likely N-dealkylation sites (tertiary alicyclic amines) is 1. The summed E-state index contributed by atoms with van der Waals surface area (Å²) in [4.78, 5) is 27.1. The Bertz CT molecular complexity index is 891. The molecule has 0 aliphatic carbocycles. The summed E-state index contributed by atoms with van der Waals surface area (Å²) in [5, 5.41) is 44.4. The number of hydrogen-bond donors (Lipinski definition) is 5. The van der Waals surface area contributed by atoms with Crippen LogP contribution in [0.25, 0.3) is 0 Å². The molecule has 0 saturated carbocycles. The third-order valence-electron chi connectivity index (χ3n) is 6.69. The van der Waals surface area contributed by atoms with Crippen molar-refractivity contribution < 1.29 is 44.2 Å². The molecule has 202 valence electrons. The number of hydrogen-bond acceptors (Lipinski definition) is 11. The molecule has 1 amide bonds. The van der Waals surface area contributed by atoms with E-state index in [9.17, 15) is 30.0 Å².